The van der Waals surface area contributed by atoms with Crippen LogP contribution in [-0.2, 0) is 0 Å². The van der Waals surface area contributed by atoms with Crippen molar-refractivity contribution in [3.05, 3.63) is 60.3 Å². The molecule has 1 aromatic rings. The third kappa shape index (κ3) is 5.89. The molecule has 2 atom stereocenters. The van der Waals surface area contributed by atoms with Gasteiger partial charge in [-0.3, -0.25) is 0 Å². The molecular weight excluding hydrogens is 258 g/mol. The van der Waals surface area contributed by atoms with Gasteiger partial charge in [-0.2, -0.15) is 0 Å². The van der Waals surface area contributed by atoms with E-state index in [-0.39, 0.29) is 0 Å². The fourth-order valence-electron chi connectivity index (χ4n) is 2.16. The molecule has 0 aromatic heterocycles. The summed E-state index contributed by atoms with van der Waals surface area (Å²) in [7, 11) is -1.17. The lowest BCUT2D eigenvalue weighted by atomic mass is 9.93. The first-order valence-corrected chi connectivity index (χ1v) is 11.2. The number of hydrogen-bond acceptors (Lipinski definition) is 1. The van der Waals surface area contributed by atoms with Crippen LogP contribution in [0, 0.1) is 5.92 Å². The lowest BCUT2D eigenvalue weighted by Gasteiger charge is -2.25. The van der Waals surface area contributed by atoms with E-state index in [1.165, 1.54) is 5.56 Å². The maximum Gasteiger partial charge on any atom is 0.0683 e. The first-order chi connectivity index (χ1) is 9.48. The Balaban J connectivity index is 2.95. The average molecular weight is 288 g/mol. The zero-order valence-electron chi connectivity index (χ0n) is 13.4. The van der Waals surface area contributed by atoms with Crippen LogP contribution in [0.1, 0.15) is 24.9 Å². The molecule has 0 spiro atoms. The van der Waals surface area contributed by atoms with E-state index >= 15 is 0 Å². The van der Waals surface area contributed by atoms with E-state index in [2.05, 4.69) is 86.6 Å². The Hall–Kier alpha value is -1.12. The zero-order valence-corrected chi connectivity index (χ0v) is 14.4. The van der Waals surface area contributed by atoms with Crippen molar-refractivity contribution in [1.29, 1.82) is 0 Å². The summed E-state index contributed by atoms with van der Waals surface area (Å²) in [5.74, 6) is 0.343. The summed E-state index contributed by atoms with van der Waals surface area (Å²) >= 11 is 0. The molecule has 0 amide bonds. The van der Waals surface area contributed by atoms with Gasteiger partial charge in [-0.25, -0.2) is 0 Å². The molecule has 1 aromatic carbocycles. The van der Waals surface area contributed by atoms with Crippen molar-refractivity contribution in [3.63, 3.8) is 0 Å². The molecule has 0 radical (unpaired) electrons. The summed E-state index contributed by atoms with van der Waals surface area (Å²) in [6, 6.07) is 11.0. The van der Waals surface area contributed by atoms with Crippen molar-refractivity contribution in [3.8, 4) is 0 Å². The SMILES string of the molecule is C=CC(/C=C/[Si](C)(C)C)C(NCCC)c1ccccc1. The first-order valence-electron chi connectivity index (χ1n) is 7.58. The maximum absolute atomic E-state index is 4.04. The van der Waals surface area contributed by atoms with E-state index < -0.39 is 8.07 Å². The Morgan fingerprint density at radius 3 is 2.35 bits per heavy atom. The van der Waals surface area contributed by atoms with Gasteiger partial charge in [-0.15, -0.1) is 6.58 Å². The van der Waals surface area contributed by atoms with Gasteiger partial charge >= 0.3 is 0 Å². The second-order valence-corrected chi connectivity index (χ2v) is 11.4. The van der Waals surface area contributed by atoms with Gasteiger partial charge < -0.3 is 5.32 Å². The highest BCUT2D eigenvalue weighted by Crippen LogP contribution is 2.25. The minimum Gasteiger partial charge on any atom is -0.309 e. The van der Waals surface area contributed by atoms with E-state index in [0.29, 0.717) is 12.0 Å². The van der Waals surface area contributed by atoms with Crippen molar-refractivity contribution in [2.45, 2.75) is 39.0 Å². The molecule has 1 N–H and O–H groups in total. The molecule has 110 valence electrons. The van der Waals surface area contributed by atoms with E-state index in [0.717, 1.165) is 13.0 Å². The molecule has 0 aliphatic rings. The highest BCUT2D eigenvalue weighted by atomic mass is 28.3. The summed E-state index contributed by atoms with van der Waals surface area (Å²) in [6.45, 7) is 14.4. The molecule has 0 saturated heterocycles. The second-order valence-electron chi connectivity index (χ2n) is 6.38. The molecule has 1 rings (SSSR count). The fourth-order valence-corrected chi connectivity index (χ4v) is 2.96. The Bertz CT molecular complexity index is 417. The van der Waals surface area contributed by atoms with Crippen molar-refractivity contribution >= 4 is 8.07 Å². The number of rotatable bonds is 8. The normalized spacial score (nSPS) is 15.2. The maximum atomic E-state index is 4.04. The van der Waals surface area contributed by atoms with Gasteiger partial charge in [-0.1, -0.05) is 74.7 Å². The third-order valence-corrected chi connectivity index (χ3v) is 4.44. The predicted octanol–water partition coefficient (Wildman–Crippen LogP) is 4.96. The van der Waals surface area contributed by atoms with Crippen LogP contribution in [0.25, 0.3) is 0 Å². The van der Waals surface area contributed by atoms with E-state index in [1.807, 2.05) is 0 Å². The second kappa shape index (κ2) is 8.23. The molecule has 0 aliphatic carbocycles. The summed E-state index contributed by atoms with van der Waals surface area (Å²) in [5, 5.41) is 3.67. The highest BCUT2D eigenvalue weighted by molar-refractivity contribution is 6.80. The van der Waals surface area contributed by atoms with Crippen LogP contribution < -0.4 is 5.32 Å². The molecule has 0 aliphatic heterocycles. The Labute approximate surface area is 125 Å². The van der Waals surface area contributed by atoms with E-state index in [9.17, 15) is 0 Å². The molecule has 20 heavy (non-hydrogen) atoms. The van der Waals surface area contributed by atoms with Crippen LogP contribution in [0.4, 0.5) is 0 Å². The molecule has 0 bridgehead atoms. The third-order valence-electron chi connectivity index (χ3n) is 3.25. The van der Waals surface area contributed by atoms with Crippen LogP contribution >= 0.6 is 0 Å². The average Bonchev–Trinajstić information content (AvgIpc) is 2.42. The number of hydrogen-bond donors (Lipinski definition) is 1. The summed E-state index contributed by atoms with van der Waals surface area (Å²) in [4.78, 5) is 0. The molecule has 0 fully saturated rings. The van der Waals surface area contributed by atoms with Crippen molar-refractivity contribution in [1.82, 2.24) is 5.32 Å². The summed E-state index contributed by atoms with van der Waals surface area (Å²) in [5.41, 5.74) is 3.76. The summed E-state index contributed by atoms with van der Waals surface area (Å²) < 4.78 is 0. The number of nitrogens with one attached hydrogen (secondary N) is 1. The Morgan fingerprint density at radius 1 is 1.20 bits per heavy atom. The van der Waals surface area contributed by atoms with Gasteiger partial charge in [0.05, 0.1) is 8.07 Å². The first kappa shape index (κ1) is 16.9. The van der Waals surface area contributed by atoms with Gasteiger partial charge in [0, 0.05) is 12.0 Å². The highest BCUT2D eigenvalue weighted by Gasteiger charge is 2.18. The lowest BCUT2D eigenvalue weighted by molar-refractivity contribution is 0.474. The molecule has 2 unspecified atom stereocenters. The molecule has 0 saturated carbocycles. The summed E-state index contributed by atoms with van der Waals surface area (Å²) in [6.07, 6.45) is 5.56. The molecule has 1 nitrogen and oxygen atoms in total. The van der Waals surface area contributed by atoms with Crippen molar-refractivity contribution < 1.29 is 0 Å². The Morgan fingerprint density at radius 2 is 1.85 bits per heavy atom. The van der Waals surface area contributed by atoms with Gasteiger partial charge in [0.1, 0.15) is 0 Å². The molecule has 0 heterocycles. The fraction of sp³-hybridized carbons (Fsp3) is 0.444. The zero-order chi connectivity index (χ0) is 15.0. The van der Waals surface area contributed by atoms with Crippen molar-refractivity contribution in [2.75, 3.05) is 6.54 Å². The minimum atomic E-state index is -1.17. The monoisotopic (exact) mass is 287 g/mol. The van der Waals surface area contributed by atoms with Crippen LogP contribution in [0.5, 0.6) is 0 Å². The topological polar surface area (TPSA) is 12.0 Å². The van der Waals surface area contributed by atoms with Crippen LogP contribution in [0.15, 0.2) is 54.8 Å². The van der Waals surface area contributed by atoms with E-state index in [1.54, 1.807) is 0 Å². The largest absolute Gasteiger partial charge is 0.309 e. The number of benzene rings is 1. The van der Waals surface area contributed by atoms with Gasteiger partial charge in [0.2, 0.25) is 0 Å². The smallest absolute Gasteiger partial charge is 0.0683 e. The lowest BCUT2D eigenvalue weighted by Crippen LogP contribution is -2.28. The van der Waals surface area contributed by atoms with Gasteiger partial charge in [0.25, 0.3) is 0 Å². The predicted molar refractivity (Wildman–Crippen MR) is 93.6 cm³/mol. The minimum absolute atomic E-state index is 0.321. The van der Waals surface area contributed by atoms with Crippen LogP contribution in [0.2, 0.25) is 19.6 Å². The quantitative estimate of drug-likeness (QED) is 0.526. The van der Waals surface area contributed by atoms with E-state index in [4.69, 9.17) is 0 Å². The van der Waals surface area contributed by atoms with Crippen LogP contribution in [-0.4, -0.2) is 14.6 Å². The van der Waals surface area contributed by atoms with Crippen molar-refractivity contribution in [2.24, 2.45) is 5.92 Å². The Kier molecular flexibility index (Phi) is 6.96. The standard InChI is InChI=1S/C18H29NSi/c1-6-14-19-18(17-11-9-8-10-12-17)16(7-2)13-15-20(3,4)5/h7-13,15-16,18-19H,2,6,14H2,1,3-5H3/b15-13+. The molecular formula is C18H29NSi. The molecule has 2 heteroatoms. The van der Waals surface area contributed by atoms with Gasteiger partial charge in [0.15, 0.2) is 0 Å². The van der Waals surface area contributed by atoms with Gasteiger partial charge in [-0.05, 0) is 18.5 Å². The van der Waals surface area contributed by atoms with Crippen LogP contribution in [0.3, 0.4) is 0 Å².